The molecule has 0 bridgehead atoms. The molecule has 0 aliphatic carbocycles. The number of rotatable bonds is 4. The second-order valence-corrected chi connectivity index (χ2v) is 3.00. The number of hydrogen-bond donors (Lipinski definition) is 1. The van der Waals surface area contributed by atoms with Gasteiger partial charge in [0.05, 0.1) is 12.1 Å². The van der Waals surface area contributed by atoms with Gasteiger partial charge in [-0.05, 0) is 12.5 Å². The van der Waals surface area contributed by atoms with Gasteiger partial charge in [-0.2, -0.15) is 5.10 Å². The van der Waals surface area contributed by atoms with Crippen LogP contribution in [0.4, 0.5) is 0 Å². The number of carboxylic acids is 1. The highest BCUT2D eigenvalue weighted by Gasteiger charge is 2.05. The maximum atomic E-state index is 10.3. The Kier molecular flexibility index (Phi) is 5.23. The van der Waals surface area contributed by atoms with Crippen molar-refractivity contribution in [2.24, 2.45) is 7.05 Å². The van der Waals surface area contributed by atoms with E-state index in [0.717, 1.165) is 17.8 Å². The van der Waals surface area contributed by atoms with E-state index in [1.807, 2.05) is 13.1 Å². The summed E-state index contributed by atoms with van der Waals surface area (Å²) in [4.78, 5) is 10.3. The van der Waals surface area contributed by atoms with Gasteiger partial charge in [-0.25, -0.2) is 0 Å². The monoisotopic (exact) mass is 218 g/mol. The molecule has 1 heterocycles. The number of aliphatic carboxylic acids is 1. The minimum absolute atomic E-state index is 0. The highest BCUT2D eigenvalue weighted by Crippen LogP contribution is 2.05. The fourth-order valence-corrected chi connectivity index (χ4v) is 1.26. The van der Waals surface area contributed by atoms with Gasteiger partial charge in [-0.15, -0.1) is 12.4 Å². The Morgan fingerprint density at radius 3 is 2.71 bits per heavy atom. The fraction of sp³-hybridized carbons (Fsp3) is 0.556. The summed E-state index contributed by atoms with van der Waals surface area (Å²) < 4.78 is 1.80. The predicted octanol–water partition coefficient (Wildman–Crippen LogP) is 1.42. The van der Waals surface area contributed by atoms with E-state index in [-0.39, 0.29) is 18.8 Å². The Bertz CT molecular complexity index is 310. The Hall–Kier alpha value is -1.03. The Morgan fingerprint density at radius 2 is 2.29 bits per heavy atom. The normalized spacial score (nSPS) is 9.57. The van der Waals surface area contributed by atoms with Gasteiger partial charge >= 0.3 is 5.97 Å². The topological polar surface area (TPSA) is 55.1 Å². The van der Waals surface area contributed by atoms with Gasteiger partial charge in [0.15, 0.2) is 0 Å². The highest BCUT2D eigenvalue weighted by atomic mass is 35.5. The zero-order valence-electron chi connectivity index (χ0n) is 8.36. The van der Waals surface area contributed by atoms with E-state index < -0.39 is 5.97 Å². The maximum absolute atomic E-state index is 10.3. The molecule has 0 saturated carbocycles. The lowest BCUT2D eigenvalue weighted by molar-refractivity contribution is -0.136. The number of halogens is 1. The molecule has 0 aromatic carbocycles. The summed E-state index contributed by atoms with van der Waals surface area (Å²) in [7, 11) is 1.88. The van der Waals surface area contributed by atoms with Crippen LogP contribution in [0.1, 0.15) is 24.7 Å². The summed E-state index contributed by atoms with van der Waals surface area (Å²) in [5.41, 5.74) is 2.00. The van der Waals surface area contributed by atoms with Gasteiger partial charge in [0, 0.05) is 19.2 Å². The van der Waals surface area contributed by atoms with Crippen molar-refractivity contribution in [2.45, 2.75) is 26.2 Å². The van der Waals surface area contributed by atoms with Crippen LogP contribution in [-0.4, -0.2) is 20.9 Å². The van der Waals surface area contributed by atoms with E-state index in [2.05, 4.69) is 12.0 Å². The standard InChI is InChI=1S/C9H14N2O2.ClH/c1-3-8-6-7(10-11(8)2)4-5-9(12)13;/h6H,3-5H2,1-2H3,(H,12,13);1H. The van der Waals surface area contributed by atoms with Gasteiger partial charge < -0.3 is 5.11 Å². The van der Waals surface area contributed by atoms with E-state index in [1.165, 1.54) is 0 Å². The van der Waals surface area contributed by atoms with Gasteiger partial charge in [0.1, 0.15) is 0 Å². The van der Waals surface area contributed by atoms with Crippen molar-refractivity contribution in [2.75, 3.05) is 0 Å². The molecule has 0 aliphatic heterocycles. The molecule has 0 radical (unpaired) electrons. The second-order valence-electron chi connectivity index (χ2n) is 3.00. The summed E-state index contributed by atoms with van der Waals surface area (Å²) in [5, 5.41) is 12.7. The van der Waals surface area contributed by atoms with Gasteiger partial charge in [0.2, 0.25) is 0 Å². The molecule has 0 atom stereocenters. The molecule has 1 N–H and O–H groups in total. The summed E-state index contributed by atoms with van der Waals surface area (Å²) in [6, 6.07) is 1.96. The molecule has 0 fully saturated rings. The van der Waals surface area contributed by atoms with Crippen LogP contribution in [0.5, 0.6) is 0 Å². The van der Waals surface area contributed by atoms with E-state index in [1.54, 1.807) is 4.68 Å². The first-order chi connectivity index (χ1) is 6.13. The predicted molar refractivity (Wildman–Crippen MR) is 55.8 cm³/mol. The van der Waals surface area contributed by atoms with Gasteiger partial charge in [0.25, 0.3) is 0 Å². The molecule has 5 heteroatoms. The molecule has 1 aromatic heterocycles. The van der Waals surface area contributed by atoms with Crippen molar-refractivity contribution in [1.82, 2.24) is 9.78 Å². The van der Waals surface area contributed by atoms with Gasteiger partial charge in [-0.1, -0.05) is 6.92 Å². The van der Waals surface area contributed by atoms with Crippen LogP contribution >= 0.6 is 12.4 Å². The third-order valence-electron chi connectivity index (χ3n) is 1.98. The van der Waals surface area contributed by atoms with Crippen molar-refractivity contribution in [3.05, 3.63) is 17.5 Å². The average Bonchev–Trinajstić information content (AvgIpc) is 2.43. The third kappa shape index (κ3) is 3.38. The molecular formula is C9H15ClN2O2. The van der Waals surface area contributed by atoms with Crippen LogP contribution in [0.25, 0.3) is 0 Å². The minimum atomic E-state index is -0.774. The molecule has 0 saturated heterocycles. The quantitative estimate of drug-likeness (QED) is 0.832. The average molecular weight is 219 g/mol. The largest absolute Gasteiger partial charge is 0.481 e. The second kappa shape index (κ2) is 5.65. The van der Waals surface area contributed by atoms with Crippen LogP contribution < -0.4 is 0 Å². The molecule has 0 unspecified atom stereocenters. The molecule has 80 valence electrons. The highest BCUT2D eigenvalue weighted by molar-refractivity contribution is 5.85. The van der Waals surface area contributed by atoms with E-state index in [9.17, 15) is 4.79 Å². The molecular weight excluding hydrogens is 204 g/mol. The van der Waals surface area contributed by atoms with Crippen molar-refractivity contribution in [3.8, 4) is 0 Å². The summed E-state index contributed by atoms with van der Waals surface area (Å²) in [5.74, 6) is -0.774. The first kappa shape index (κ1) is 13.0. The Morgan fingerprint density at radius 1 is 1.64 bits per heavy atom. The summed E-state index contributed by atoms with van der Waals surface area (Å²) in [6.45, 7) is 2.05. The van der Waals surface area contributed by atoms with Crippen molar-refractivity contribution in [1.29, 1.82) is 0 Å². The smallest absolute Gasteiger partial charge is 0.303 e. The molecule has 0 spiro atoms. The SMILES string of the molecule is CCc1cc(CCC(=O)O)nn1C.Cl. The fourth-order valence-electron chi connectivity index (χ4n) is 1.26. The number of aryl methyl sites for hydroxylation is 3. The number of hydrogen-bond acceptors (Lipinski definition) is 2. The molecule has 1 rings (SSSR count). The number of carbonyl (C=O) groups is 1. The minimum Gasteiger partial charge on any atom is -0.481 e. The van der Waals surface area contributed by atoms with Gasteiger partial charge in [-0.3, -0.25) is 9.48 Å². The van der Waals surface area contributed by atoms with Crippen LogP contribution in [0.2, 0.25) is 0 Å². The van der Waals surface area contributed by atoms with E-state index in [0.29, 0.717) is 6.42 Å². The van der Waals surface area contributed by atoms with E-state index >= 15 is 0 Å². The number of aromatic nitrogens is 2. The first-order valence-electron chi connectivity index (χ1n) is 4.37. The molecule has 0 amide bonds. The summed E-state index contributed by atoms with van der Waals surface area (Å²) in [6.07, 6.45) is 1.60. The van der Waals surface area contributed by atoms with Crippen LogP contribution in [0.3, 0.4) is 0 Å². The molecule has 4 nitrogen and oxygen atoms in total. The number of carboxylic acid groups (broad SMARTS) is 1. The van der Waals surface area contributed by atoms with Crippen molar-refractivity contribution >= 4 is 18.4 Å². The Labute approximate surface area is 89.3 Å². The lowest BCUT2D eigenvalue weighted by atomic mass is 10.2. The zero-order valence-corrected chi connectivity index (χ0v) is 9.17. The van der Waals surface area contributed by atoms with Crippen LogP contribution in [0.15, 0.2) is 6.07 Å². The molecule has 14 heavy (non-hydrogen) atoms. The Balaban J connectivity index is 0.00000169. The molecule has 1 aromatic rings. The van der Waals surface area contributed by atoms with E-state index in [4.69, 9.17) is 5.11 Å². The van der Waals surface area contributed by atoms with Crippen LogP contribution in [0, 0.1) is 0 Å². The third-order valence-corrected chi connectivity index (χ3v) is 1.98. The van der Waals surface area contributed by atoms with Crippen molar-refractivity contribution in [3.63, 3.8) is 0 Å². The lowest BCUT2D eigenvalue weighted by Crippen LogP contribution is -1.99. The molecule has 0 aliphatic rings. The van der Waals surface area contributed by atoms with Crippen molar-refractivity contribution < 1.29 is 9.90 Å². The summed E-state index contributed by atoms with van der Waals surface area (Å²) >= 11 is 0. The van der Waals surface area contributed by atoms with Crippen LogP contribution in [-0.2, 0) is 24.7 Å². The lowest BCUT2D eigenvalue weighted by Gasteiger charge is -1.93. The maximum Gasteiger partial charge on any atom is 0.303 e. The zero-order chi connectivity index (χ0) is 9.84. The first-order valence-corrected chi connectivity index (χ1v) is 4.37. The number of nitrogens with zero attached hydrogens (tertiary/aromatic N) is 2.